The first-order valence-electron chi connectivity index (χ1n) is 3.48. The van der Waals surface area contributed by atoms with Crippen molar-refractivity contribution in [1.82, 2.24) is 0 Å². The fraction of sp³-hybridized carbons (Fsp3) is 0.375. The van der Waals surface area contributed by atoms with Gasteiger partial charge in [0, 0.05) is 16.0 Å². The first-order valence-corrected chi connectivity index (χ1v) is 4.71. The van der Waals surface area contributed by atoms with E-state index >= 15 is 0 Å². The minimum Gasteiger partial charge on any atom is -0.478 e. The maximum absolute atomic E-state index is 10.6. The molecule has 0 aromatic heterocycles. The zero-order chi connectivity index (χ0) is 9.30. The molecule has 0 bridgehead atoms. The Morgan fingerprint density at radius 2 is 2.25 bits per heavy atom. The summed E-state index contributed by atoms with van der Waals surface area (Å²) in [6.07, 6.45) is 3.26. The lowest BCUT2D eigenvalue weighted by atomic mass is 9.93. The molecule has 0 fully saturated rings. The van der Waals surface area contributed by atoms with E-state index in [1.165, 1.54) is 0 Å². The molecule has 2 unspecified atom stereocenters. The van der Waals surface area contributed by atoms with Crippen molar-refractivity contribution in [3.05, 3.63) is 22.2 Å². The number of rotatable bonds is 1. The quantitative estimate of drug-likeness (QED) is 0.727. The Bertz CT molecular complexity index is 270. The molecule has 1 aliphatic rings. The Labute approximate surface area is 84.0 Å². The molecule has 0 aromatic carbocycles. The molecule has 2 nitrogen and oxygen atoms in total. The fourth-order valence-electron chi connectivity index (χ4n) is 1.08. The number of halogens is 2. The molecule has 4 heteroatoms. The highest BCUT2D eigenvalue weighted by atomic mass is 79.9. The maximum atomic E-state index is 10.6. The molecule has 0 saturated carbocycles. The molecule has 0 saturated heterocycles. The molecular formula is C8H8BrClO2. The fourth-order valence-corrected chi connectivity index (χ4v) is 1.81. The van der Waals surface area contributed by atoms with Crippen molar-refractivity contribution < 1.29 is 9.90 Å². The summed E-state index contributed by atoms with van der Waals surface area (Å²) in [6.45, 7) is 1.80. The van der Waals surface area contributed by atoms with E-state index in [0.717, 1.165) is 4.48 Å². The summed E-state index contributed by atoms with van der Waals surface area (Å²) in [5.41, 5.74) is 0.359. The predicted molar refractivity (Wildman–Crippen MR) is 51.5 cm³/mol. The number of carboxylic acid groups (broad SMARTS) is 1. The number of aliphatic carboxylic acids is 1. The average Bonchev–Trinajstić information content (AvgIpc) is 2.00. The van der Waals surface area contributed by atoms with E-state index in [0.29, 0.717) is 5.57 Å². The zero-order valence-electron chi connectivity index (χ0n) is 6.42. The third kappa shape index (κ3) is 1.72. The molecule has 1 rings (SSSR count). The second-order valence-electron chi connectivity index (χ2n) is 2.67. The highest BCUT2D eigenvalue weighted by molar-refractivity contribution is 9.11. The van der Waals surface area contributed by atoms with Crippen LogP contribution in [0.3, 0.4) is 0 Å². The van der Waals surface area contributed by atoms with E-state index in [1.807, 2.05) is 0 Å². The van der Waals surface area contributed by atoms with Gasteiger partial charge in [-0.2, -0.15) is 0 Å². The highest BCUT2D eigenvalue weighted by Crippen LogP contribution is 2.32. The van der Waals surface area contributed by atoms with Crippen LogP contribution in [0, 0.1) is 5.92 Å². The number of alkyl halides is 1. The van der Waals surface area contributed by atoms with E-state index in [4.69, 9.17) is 16.7 Å². The van der Waals surface area contributed by atoms with Crippen LogP contribution >= 0.6 is 27.5 Å². The molecule has 66 valence electrons. The number of allylic oxidation sites excluding steroid dienone is 3. The molecular weight excluding hydrogens is 243 g/mol. The van der Waals surface area contributed by atoms with Crippen LogP contribution in [0.25, 0.3) is 0 Å². The minimum atomic E-state index is -0.899. The summed E-state index contributed by atoms with van der Waals surface area (Å²) in [5, 5.41) is 8.48. The molecule has 1 N–H and O–H groups in total. The zero-order valence-corrected chi connectivity index (χ0v) is 8.76. The van der Waals surface area contributed by atoms with Crippen molar-refractivity contribution in [3.8, 4) is 0 Å². The van der Waals surface area contributed by atoms with Crippen molar-refractivity contribution in [2.24, 2.45) is 5.92 Å². The molecule has 0 spiro atoms. The topological polar surface area (TPSA) is 37.3 Å². The third-order valence-electron chi connectivity index (χ3n) is 1.86. The molecule has 2 atom stereocenters. The van der Waals surface area contributed by atoms with Gasteiger partial charge < -0.3 is 5.11 Å². The van der Waals surface area contributed by atoms with Gasteiger partial charge in [0.1, 0.15) is 0 Å². The lowest BCUT2D eigenvalue weighted by molar-refractivity contribution is -0.133. The summed E-state index contributed by atoms with van der Waals surface area (Å²) in [4.78, 5) is 10.6. The lowest BCUT2D eigenvalue weighted by Gasteiger charge is -2.21. The average molecular weight is 252 g/mol. The Kier molecular flexibility index (Phi) is 2.96. The number of carbonyl (C=O) groups is 1. The Hall–Kier alpha value is -0.280. The number of carboxylic acids is 1. The first kappa shape index (κ1) is 9.81. The Morgan fingerprint density at radius 1 is 1.67 bits per heavy atom. The summed E-state index contributed by atoms with van der Waals surface area (Å²) in [7, 11) is 0. The molecule has 0 aliphatic heterocycles. The van der Waals surface area contributed by atoms with Crippen LogP contribution in [0.5, 0.6) is 0 Å². The van der Waals surface area contributed by atoms with Crippen molar-refractivity contribution in [3.63, 3.8) is 0 Å². The summed E-state index contributed by atoms with van der Waals surface area (Å²) in [5.74, 6) is -1.05. The van der Waals surface area contributed by atoms with Crippen LogP contribution < -0.4 is 0 Å². The van der Waals surface area contributed by atoms with Crippen molar-refractivity contribution in [1.29, 1.82) is 0 Å². The SMILES string of the molecule is CC1C(C(=O)O)=CC=C(Br)C1Cl. The second kappa shape index (κ2) is 3.62. The third-order valence-corrected chi connectivity index (χ3v) is 3.50. The van der Waals surface area contributed by atoms with Crippen LogP contribution in [0.1, 0.15) is 6.92 Å². The monoisotopic (exact) mass is 250 g/mol. The smallest absolute Gasteiger partial charge is 0.331 e. The van der Waals surface area contributed by atoms with Gasteiger partial charge in [-0.25, -0.2) is 4.79 Å². The predicted octanol–water partition coefficient (Wildman–Crippen LogP) is 2.53. The molecule has 0 amide bonds. The van der Waals surface area contributed by atoms with E-state index in [2.05, 4.69) is 15.9 Å². The summed E-state index contributed by atoms with van der Waals surface area (Å²) in [6, 6.07) is 0. The highest BCUT2D eigenvalue weighted by Gasteiger charge is 2.27. The first-order chi connectivity index (χ1) is 5.54. The van der Waals surface area contributed by atoms with Gasteiger partial charge >= 0.3 is 5.97 Å². The van der Waals surface area contributed by atoms with E-state index in [1.54, 1.807) is 19.1 Å². The maximum Gasteiger partial charge on any atom is 0.331 e. The van der Waals surface area contributed by atoms with Gasteiger partial charge in [0.05, 0.1) is 5.38 Å². The van der Waals surface area contributed by atoms with Crippen molar-refractivity contribution >= 4 is 33.5 Å². The second-order valence-corrected chi connectivity index (χ2v) is 4.06. The Morgan fingerprint density at radius 3 is 2.75 bits per heavy atom. The number of hydrogen-bond acceptors (Lipinski definition) is 1. The van der Waals surface area contributed by atoms with Gasteiger partial charge in [-0.05, 0) is 0 Å². The van der Waals surface area contributed by atoms with Crippen molar-refractivity contribution in [2.75, 3.05) is 0 Å². The van der Waals surface area contributed by atoms with Gasteiger partial charge in [0.2, 0.25) is 0 Å². The number of hydrogen-bond donors (Lipinski definition) is 1. The van der Waals surface area contributed by atoms with Gasteiger partial charge in [-0.15, -0.1) is 11.6 Å². The Balaban J connectivity index is 2.97. The van der Waals surface area contributed by atoms with E-state index < -0.39 is 5.97 Å². The van der Waals surface area contributed by atoms with Crippen LogP contribution in [0.15, 0.2) is 22.2 Å². The normalized spacial score (nSPS) is 29.2. The summed E-state index contributed by atoms with van der Waals surface area (Å²) < 4.78 is 0.835. The van der Waals surface area contributed by atoms with Gasteiger partial charge in [-0.3, -0.25) is 0 Å². The van der Waals surface area contributed by atoms with Gasteiger partial charge in [0.15, 0.2) is 0 Å². The minimum absolute atomic E-state index is 0.149. The van der Waals surface area contributed by atoms with Crippen LogP contribution in [-0.4, -0.2) is 16.5 Å². The van der Waals surface area contributed by atoms with Gasteiger partial charge in [0.25, 0.3) is 0 Å². The van der Waals surface area contributed by atoms with E-state index in [9.17, 15) is 4.79 Å². The molecule has 0 radical (unpaired) electrons. The molecule has 12 heavy (non-hydrogen) atoms. The lowest BCUT2D eigenvalue weighted by Crippen LogP contribution is -2.21. The van der Waals surface area contributed by atoms with E-state index in [-0.39, 0.29) is 11.3 Å². The van der Waals surface area contributed by atoms with Crippen molar-refractivity contribution in [2.45, 2.75) is 12.3 Å². The molecule has 0 aromatic rings. The molecule has 1 aliphatic carbocycles. The standard InChI is InChI=1S/C8H8BrClO2/c1-4-5(8(11)12)2-3-6(9)7(4)10/h2-4,7H,1H3,(H,11,12). The summed E-state index contributed by atoms with van der Waals surface area (Å²) >= 11 is 9.20. The van der Waals surface area contributed by atoms with Crippen LogP contribution in [-0.2, 0) is 4.79 Å². The largest absolute Gasteiger partial charge is 0.478 e. The van der Waals surface area contributed by atoms with Crippen LogP contribution in [0.4, 0.5) is 0 Å². The van der Waals surface area contributed by atoms with Crippen LogP contribution in [0.2, 0.25) is 0 Å². The van der Waals surface area contributed by atoms with Gasteiger partial charge in [-0.1, -0.05) is 35.0 Å². The molecule has 0 heterocycles.